The molecule has 0 radical (unpaired) electrons. The number of hydrogen-bond donors (Lipinski definition) is 1. The van der Waals surface area contributed by atoms with Gasteiger partial charge in [0.2, 0.25) is 21.8 Å². The van der Waals surface area contributed by atoms with Gasteiger partial charge in [-0.2, -0.15) is 4.31 Å². The average Bonchev–Trinajstić information content (AvgIpc) is 2.86. The van der Waals surface area contributed by atoms with Crippen molar-refractivity contribution in [3.63, 3.8) is 0 Å². The molecule has 0 aromatic heterocycles. The van der Waals surface area contributed by atoms with E-state index in [0.717, 1.165) is 11.1 Å². The lowest BCUT2D eigenvalue weighted by Gasteiger charge is -2.39. The first-order valence-corrected chi connectivity index (χ1v) is 14.0. The van der Waals surface area contributed by atoms with E-state index in [9.17, 15) is 18.0 Å². The molecule has 1 N–H and O–H groups in total. The number of benzene rings is 2. The van der Waals surface area contributed by atoms with Crippen LogP contribution in [0.3, 0.4) is 0 Å². The Labute approximate surface area is 221 Å². The summed E-state index contributed by atoms with van der Waals surface area (Å²) in [5.41, 5.74) is 2.51. The topological polar surface area (TPSA) is 96.0 Å². The Hall–Kier alpha value is -2.91. The van der Waals surface area contributed by atoms with Crippen molar-refractivity contribution in [2.24, 2.45) is 0 Å². The molecule has 2 aromatic carbocycles. The summed E-state index contributed by atoms with van der Waals surface area (Å²) >= 11 is 0. The number of nitrogens with one attached hydrogen (secondary N) is 1. The summed E-state index contributed by atoms with van der Waals surface area (Å²) in [6.45, 7) is 12.1. The highest BCUT2D eigenvalue weighted by molar-refractivity contribution is 7.89. The smallest absolute Gasteiger partial charge is 0.243 e. The predicted molar refractivity (Wildman–Crippen MR) is 144 cm³/mol. The molecule has 0 bridgehead atoms. The lowest BCUT2D eigenvalue weighted by molar-refractivity contribution is -0.134. The van der Waals surface area contributed by atoms with Crippen molar-refractivity contribution in [2.75, 3.05) is 26.7 Å². The fraction of sp³-hybridized carbons (Fsp3) is 0.500. The fourth-order valence-electron chi connectivity index (χ4n) is 4.45. The third-order valence-corrected chi connectivity index (χ3v) is 8.68. The van der Waals surface area contributed by atoms with Crippen LogP contribution in [-0.4, -0.2) is 62.2 Å². The second-order valence-electron chi connectivity index (χ2n) is 10.8. The fourth-order valence-corrected chi connectivity index (χ4v) is 6.05. The number of sulfonamides is 1. The SMILES string of the molecule is COc1ccc(S(=O)(=O)N2CCN(C(C)=O)C[C@@H]2C(=O)NCc2ccc(C(C)C)cc2)cc1C(C)(C)C. The Morgan fingerprint density at radius 1 is 1.08 bits per heavy atom. The summed E-state index contributed by atoms with van der Waals surface area (Å²) in [6.07, 6.45) is 0. The van der Waals surface area contributed by atoms with Crippen molar-refractivity contribution in [1.29, 1.82) is 0 Å². The van der Waals surface area contributed by atoms with Gasteiger partial charge in [-0.05, 0) is 40.7 Å². The van der Waals surface area contributed by atoms with Gasteiger partial charge < -0.3 is 15.0 Å². The molecule has 2 amide bonds. The van der Waals surface area contributed by atoms with Gasteiger partial charge in [-0.1, -0.05) is 58.9 Å². The standard InChI is InChI=1S/C28H39N3O5S/c1-19(2)22-10-8-21(9-11-22)17-29-27(33)25-18-30(20(3)32)14-15-31(25)37(34,35)23-12-13-26(36-7)24(16-23)28(4,5)6/h8-13,16,19,25H,14-15,17-18H2,1-7H3,(H,29,33)/t25-/m1/s1. The van der Waals surface area contributed by atoms with Gasteiger partial charge >= 0.3 is 0 Å². The van der Waals surface area contributed by atoms with Crippen molar-refractivity contribution >= 4 is 21.8 Å². The van der Waals surface area contributed by atoms with Gasteiger partial charge in [0.15, 0.2) is 0 Å². The predicted octanol–water partition coefficient (Wildman–Crippen LogP) is 3.65. The van der Waals surface area contributed by atoms with E-state index in [0.29, 0.717) is 11.7 Å². The first-order chi connectivity index (χ1) is 17.3. The Morgan fingerprint density at radius 2 is 1.73 bits per heavy atom. The summed E-state index contributed by atoms with van der Waals surface area (Å²) < 4.78 is 34.4. The van der Waals surface area contributed by atoms with Crippen molar-refractivity contribution in [1.82, 2.24) is 14.5 Å². The Balaban J connectivity index is 1.89. The molecule has 1 fully saturated rings. The van der Waals surface area contributed by atoms with E-state index in [4.69, 9.17) is 4.74 Å². The van der Waals surface area contributed by atoms with Crippen LogP contribution in [0.5, 0.6) is 5.75 Å². The number of rotatable bonds is 7. The van der Waals surface area contributed by atoms with Gasteiger partial charge in [0, 0.05) is 38.7 Å². The Kier molecular flexibility index (Phi) is 8.70. The van der Waals surface area contributed by atoms with Crippen LogP contribution in [-0.2, 0) is 31.6 Å². The first-order valence-electron chi connectivity index (χ1n) is 12.6. The molecule has 1 aliphatic heterocycles. The van der Waals surface area contributed by atoms with Crippen LogP contribution in [0.1, 0.15) is 64.2 Å². The van der Waals surface area contributed by atoms with Crippen LogP contribution in [0.25, 0.3) is 0 Å². The third-order valence-electron chi connectivity index (χ3n) is 6.78. The maximum atomic E-state index is 13.8. The molecule has 1 atom stereocenters. The van der Waals surface area contributed by atoms with Crippen molar-refractivity contribution < 1.29 is 22.7 Å². The van der Waals surface area contributed by atoms with Gasteiger partial charge in [0.25, 0.3) is 0 Å². The van der Waals surface area contributed by atoms with Gasteiger partial charge in [0.1, 0.15) is 11.8 Å². The lowest BCUT2D eigenvalue weighted by Crippen LogP contribution is -2.61. The van der Waals surface area contributed by atoms with E-state index in [2.05, 4.69) is 19.2 Å². The van der Waals surface area contributed by atoms with Crippen LogP contribution in [0, 0.1) is 0 Å². The quantitative estimate of drug-likeness (QED) is 0.591. The highest BCUT2D eigenvalue weighted by atomic mass is 32.2. The molecule has 9 heteroatoms. The molecule has 0 spiro atoms. The molecule has 1 saturated heterocycles. The average molecular weight is 530 g/mol. The lowest BCUT2D eigenvalue weighted by atomic mass is 9.86. The van der Waals surface area contributed by atoms with Gasteiger partial charge in [0.05, 0.1) is 12.0 Å². The van der Waals surface area contributed by atoms with Crippen LogP contribution in [0.15, 0.2) is 47.4 Å². The highest BCUT2D eigenvalue weighted by Crippen LogP contribution is 2.34. The van der Waals surface area contributed by atoms with E-state index in [1.165, 1.54) is 27.8 Å². The number of carbonyl (C=O) groups is 2. The molecule has 1 aliphatic rings. The van der Waals surface area contributed by atoms with E-state index >= 15 is 0 Å². The maximum Gasteiger partial charge on any atom is 0.243 e. The van der Waals surface area contributed by atoms with Crippen molar-refractivity contribution in [2.45, 2.75) is 70.4 Å². The molecular weight excluding hydrogens is 490 g/mol. The summed E-state index contributed by atoms with van der Waals surface area (Å²) in [4.78, 5) is 27.1. The number of nitrogens with zero attached hydrogens (tertiary/aromatic N) is 2. The number of ether oxygens (including phenoxy) is 1. The molecule has 37 heavy (non-hydrogen) atoms. The largest absolute Gasteiger partial charge is 0.496 e. The molecule has 0 saturated carbocycles. The second-order valence-corrected chi connectivity index (χ2v) is 12.7. The number of piperazine rings is 1. The number of carbonyl (C=O) groups excluding carboxylic acids is 2. The summed E-state index contributed by atoms with van der Waals surface area (Å²) in [5, 5.41) is 2.88. The van der Waals surface area contributed by atoms with Gasteiger partial charge in [-0.3, -0.25) is 9.59 Å². The van der Waals surface area contributed by atoms with E-state index in [-0.39, 0.29) is 42.4 Å². The molecule has 2 aromatic rings. The molecule has 0 aliphatic carbocycles. The summed E-state index contributed by atoms with van der Waals surface area (Å²) in [5.74, 6) is 0.371. The first kappa shape index (κ1) is 28.7. The Morgan fingerprint density at radius 3 is 2.27 bits per heavy atom. The van der Waals surface area contributed by atoms with Crippen molar-refractivity contribution in [3.8, 4) is 5.75 Å². The molecule has 1 heterocycles. The highest BCUT2D eigenvalue weighted by Gasteiger charge is 2.41. The van der Waals surface area contributed by atoms with Crippen LogP contribution >= 0.6 is 0 Å². The number of amides is 2. The van der Waals surface area contributed by atoms with E-state index in [1.54, 1.807) is 19.2 Å². The second kappa shape index (κ2) is 11.2. The monoisotopic (exact) mass is 529 g/mol. The minimum atomic E-state index is -4.03. The van der Waals surface area contributed by atoms with Gasteiger partial charge in [-0.15, -0.1) is 0 Å². The molecule has 3 rings (SSSR count). The van der Waals surface area contributed by atoms with Crippen LogP contribution in [0.2, 0.25) is 0 Å². The number of methoxy groups -OCH3 is 1. The Bertz CT molecular complexity index is 1230. The molecule has 8 nitrogen and oxygen atoms in total. The van der Waals surface area contributed by atoms with Crippen molar-refractivity contribution in [3.05, 3.63) is 59.2 Å². The van der Waals surface area contributed by atoms with Crippen LogP contribution in [0.4, 0.5) is 0 Å². The summed E-state index contributed by atoms with van der Waals surface area (Å²) in [6, 6.07) is 11.7. The summed E-state index contributed by atoms with van der Waals surface area (Å²) in [7, 11) is -2.48. The van der Waals surface area contributed by atoms with Crippen LogP contribution < -0.4 is 10.1 Å². The zero-order valence-electron chi connectivity index (χ0n) is 22.9. The molecule has 202 valence electrons. The normalized spacial score (nSPS) is 17.1. The van der Waals surface area contributed by atoms with E-state index < -0.39 is 22.0 Å². The number of hydrogen-bond acceptors (Lipinski definition) is 5. The molecular formula is C28H39N3O5S. The maximum absolute atomic E-state index is 13.8. The minimum Gasteiger partial charge on any atom is -0.496 e. The minimum absolute atomic E-state index is 0.00499. The zero-order chi connectivity index (χ0) is 27.5. The zero-order valence-corrected chi connectivity index (χ0v) is 23.7. The van der Waals surface area contributed by atoms with E-state index in [1.807, 2.05) is 45.0 Å². The third kappa shape index (κ3) is 6.51. The van der Waals surface area contributed by atoms with Gasteiger partial charge in [-0.25, -0.2) is 8.42 Å². The molecule has 0 unspecified atom stereocenters.